The third-order valence-electron chi connectivity index (χ3n) is 4.89. The topological polar surface area (TPSA) is 53.4 Å². The molecule has 1 atom stereocenters. The molecule has 1 aromatic carbocycles. The molecule has 6 heteroatoms. The van der Waals surface area contributed by atoms with E-state index in [9.17, 15) is 4.79 Å². The van der Waals surface area contributed by atoms with Crippen molar-refractivity contribution in [3.63, 3.8) is 0 Å². The zero-order valence-corrected chi connectivity index (χ0v) is 15.3. The fourth-order valence-electron chi connectivity index (χ4n) is 3.37. The van der Waals surface area contributed by atoms with E-state index in [1.165, 1.54) is 5.56 Å². The second-order valence-corrected chi connectivity index (χ2v) is 6.79. The number of hydrogen-bond acceptors (Lipinski definition) is 3. The van der Waals surface area contributed by atoms with Gasteiger partial charge in [-0.15, -0.1) is 0 Å². The first-order chi connectivity index (χ1) is 12.1. The number of anilines is 2. The number of rotatable bonds is 5. The zero-order valence-electron chi connectivity index (χ0n) is 15.3. The van der Waals surface area contributed by atoms with Gasteiger partial charge >= 0.3 is 6.03 Å². The van der Waals surface area contributed by atoms with Gasteiger partial charge in [0.2, 0.25) is 0 Å². The number of likely N-dealkylation sites (tertiary alicyclic amines) is 1. The maximum atomic E-state index is 12.7. The number of nitrogens with one attached hydrogen (secondary N) is 1. The normalized spacial score (nSPS) is 16.9. The first-order valence-electron chi connectivity index (χ1n) is 8.90. The van der Waals surface area contributed by atoms with Gasteiger partial charge in [-0.05, 0) is 43.4 Å². The Morgan fingerprint density at radius 3 is 2.92 bits per heavy atom. The predicted molar refractivity (Wildman–Crippen MR) is 101 cm³/mol. The SMILES string of the molecule is CCN(C)c1ccccc1NC(=O)N1CCC(Cc2cnn(C)c2)C1. The lowest BCUT2D eigenvalue weighted by atomic mass is 10.0. The molecule has 0 saturated carbocycles. The number of hydrogen-bond donors (Lipinski definition) is 1. The zero-order chi connectivity index (χ0) is 17.8. The number of carbonyl (C=O) groups is 1. The van der Waals surface area contributed by atoms with Crippen LogP contribution in [0.25, 0.3) is 0 Å². The highest BCUT2D eigenvalue weighted by Gasteiger charge is 2.27. The van der Waals surface area contributed by atoms with Crippen LogP contribution in [0.15, 0.2) is 36.7 Å². The van der Waals surface area contributed by atoms with Gasteiger partial charge in [0.05, 0.1) is 17.6 Å². The van der Waals surface area contributed by atoms with Crippen molar-refractivity contribution in [2.24, 2.45) is 13.0 Å². The quantitative estimate of drug-likeness (QED) is 0.910. The summed E-state index contributed by atoms with van der Waals surface area (Å²) in [5.74, 6) is 0.503. The van der Waals surface area contributed by atoms with Crippen molar-refractivity contribution in [1.82, 2.24) is 14.7 Å². The smallest absolute Gasteiger partial charge is 0.321 e. The molecular weight excluding hydrogens is 314 g/mol. The predicted octanol–water partition coefficient (Wildman–Crippen LogP) is 2.97. The molecule has 1 aromatic heterocycles. The summed E-state index contributed by atoms with van der Waals surface area (Å²) in [5.41, 5.74) is 3.15. The molecule has 25 heavy (non-hydrogen) atoms. The first kappa shape index (κ1) is 17.3. The van der Waals surface area contributed by atoms with Gasteiger partial charge in [0.15, 0.2) is 0 Å². The van der Waals surface area contributed by atoms with Gasteiger partial charge < -0.3 is 15.1 Å². The fourth-order valence-corrected chi connectivity index (χ4v) is 3.37. The third-order valence-corrected chi connectivity index (χ3v) is 4.89. The molecule has 2 aromatic rings. The lowest BCUT2D eigenvalue weighted by Gasteiger charge is -2.23. The van der Waals surface area contributed by atoms with Gasteiger partial charge in [0.25, 0.3) is 0 Å². The van der Waals surface area contributed by atoms with E-state index in [-0.39, 0.29) is 6.03 Å². The molecule has 2 heterocycles. The number of para-hydroxylation sites is 2. The Hall–Kier alpha value is -2.50. The van der Waals surface area contributed by atoms with Crippen molar-refractivity contribution in [3.05, 3.63) is 42.2 Å². The molecule has 0 radical (unpaired) electrons. The van der Waals surface area contributed by atoms with E-state index in [1.54, 1.807) is 0 Å². The second-order valence-electron chi connectivity index (χ2n) is 6.79. The number of aryl methyl sites for hydroxylation is 1. The summed E-state index contributed by atoms with van der Waals surface area (Å²) in [6.45, 7) is 4.60. The summed E-state index contributed by atoms with van der Waals surface area (Å²) < 4.78 is 1.83. The van der Waals surface area contributed by atoms with Crippen molar-refractivity contribution in [3.8, 4) is 0 Å². The molecular formula is C19H27N5O. The molecule has 6 nitrogen and oxygen atoms in total. The Balaban J connectivity index is 1.59. The van der Waals surface area contributed by atoms with Crippen molar-refractivity contribution in [1.29, 1.82) is 0 Å². The average molecular weight is 341 g/mol. The van der Waals surface area contributed by atoms with E-state index in [0.29, 0.717) is 5.92 Å². The molecule has 0 aliphatic carbocycles. The van der Waals surface area contributed by atoms with E-state index >= 15 is 0 Å². The Labute approximate surface area is 149 Å². The van der Waals surface area contributed by atoms with Gasteiger partial charge in [0.1, 0.15) is 0 Å². The average Bonchev–Trinajstić information content (AvgIpc) is 3.24. The molecule has 2 amide bonds. The maximum Gasteiger partial charge on any atom is 0.321 e. The standard InChI is InChI=1S/C19H27N5O/c1-4-22(2)18-8-6-5-7-17(18)21-19(25)24-10-9-15(14-24)11-16-12-20-23(3)13-16/h5-8,12-13,15H,4,9-11,14H2,1-3H3,(H,21,25). The summed E-state index contributed by atoms with van der Waals surface area (Å²) in [6, 6.07) is 7.94. The summed E-state index contributed by atoms with van der Waals surface area (Å²) >= 11 is 0. The summed E-state index contributed by atoms with van der Waals surface area (Å²) in [4.78, 5) is 16.7. The monoisotopic (exact) mass is 341 g/mol. The van der Waals surface area contributed by atoms with Crippen LogP contribution < -0.4 is 10.2 Å². The van der Waals surface area contributed by atoms with Gasteiger partial charge in [-0.25, -0.2) is 4.79 Å². The molecule has 1 unspecified atom stereocenters. The number of amides is 2. The van der Waals surface area contributed by atoms with Crippen LogP contribution in [0.1, 0.15) is 18.9 Å². The molecule has 134 valence electrons. The number of benzene rings is 1. The molecule has 1 N–H and O–H groups in total. The minimum Gasteiger partial charge on any atom is -0.373 e. The van der Waals surface area contributed by atoms with E-state index < -0.39 is 0 Å². The minimum absolute atomic E-state index is 0.00867. The van der Waals surface area contributed by atoms with Crippen molar-refractivity contribution < 1.29 is 4.79 Å². The number of nitrogens with zero attached hydrogens (tertiary/aromatic N) is 4. The van der Waals surface area contributed by atoms with Crippen LogP contribution in [0.2, 0.25) is 0 Å². The molecule has 1 fully saturated rings. The summed E-state index contributed by atoms with van der Waals surface area (Å²) in [6.07, 6.45) is 5.99. The van der Waals surface area contributed by atoms with Crippen molar-refractivity contribution in [2.45, 2.75) is 19.8 Å². The Kier molecular flexibility index (Phi) is 5.26. The van der Waals surface area contributed by atoms with Crippen LogP contribution in [-0.4, -0.2) is 47.4 Å². The molecule has 3 rings (SSSR count). The second kappa shape index (κ2) is 7.59. The van der Waals surface area contributed by atoms with Gasteiger partial charge in [-0.3, -0.25) is 4.68 Å². The number of aromatic nitrogens is 2. The molecule has 1 aliphatic heterocycles. The Bertz CT molecular complexity index is 726. The Morgan fingerprint density at radius 1 is 1.40 bits per heavy atom. The highest BCUT2D eigenvalue weighted by atomic mass is 16.2. The first-order valence-corrected chi connectivity index (χ1v) is 8.90. The summed E-state index contributed by atoms with van der Waals surface area (Å²) in [5, 5.41) is 7.31. The van der Waals surface area contributed by atoms with Gasteiger partial charge in [-0.2, -0.15) is 5.10 Å². The van der Waals surface area contributed by atoms with Crippen LogP contribution in [0, 0.1) is 5.92 Å². The van der Waals surface area contributed by atoms with Crippen molar-refractivity contribution in [2.75, 3.05) is 36.9 Å². The van der Waals surface area contributed by atoms with Crippen molar-refractivity contribution >= 4 is 17.4 Å². The molecule has 0 bridgehead atoms. The molecule has 1 aliphatic rings. The lowest BCUT2D eigenvalue weighted by molar-refractivity contribution is 0.221. The minimum atomic E-state index is -0.00867. The van der Waals surface area contributed by atoms with E-state index in [2.05, 4.69) is 28.4 Å². The van der Waals surface area contributed by atoms with E-state index in [4.69, 9.17) is 0 Å². The van der Waals surface area contributed by atoms with Crippen LogP contribution >= 0.6 is 0 Å². The van der Waals surface area contributed by atoms with Crippen LogP contribution in [0.4, 0.5) is 16.2 Å². The third kappa shape index (κ3) is 4.13. The maximum absolute atomic E-state index is 12.7. The van der Waals surface area contributed by atoms with Crippen LogP contribution in [0.5, 0.6) is 0 Å². The molecule has 0 spiro atoms. The Morgan fingerprint density at radius 2 is 2.20 bits per heavy atom. The lowest BCUT2D eigenvalue weighted by Crippen LogP contribution is -2.33. The van der Waals surface area contributed by atoms with Gasteiger partial charge in [0, 0.05) is 39.9 Å². The highest BCUT2D eigenvalue weighted by Crippen LogP contribution is 2.26. The fraction of sp³-hybridized carbons (Fsp3) is 0.474. The van der Waals surface area contributed by atoms with E-state index in [0.717, 1.165) is 43.9 Å². The summed E-state index contributed by atoms with van der Waals surface area (Å²) in [7, 11) is 3.97. The largest absolute Gasteiger partial charge is 0.373 e. The van der Waals surface area contributed by atoms with Gasteiger partial charge in [-0.1, -0.05) is 12.1 Å². The van der Waals surface area contributed by atoms with E-state index in [1.807, 2.05) is 54.1 Å². The molecule has 1 saturated heterocycles. The van der Waals surface area contributed by atoms with Crippen LogP contribution in [-0.2, 0) is 13.5 Å². The number of carbonyl (C=O) groups excluding carboxylic acids is 1. The highest BCUT2D eigenvalue weighted by molar-refractivity contribution is 5.93. The van der Waals surface area contributed by atoms with Crippen LogP contribution in [0.3, 0.4) is 0 Å². The number of urea groups is 1.